The number of nitrogens with one attached hydrogen (secondary N) is 1. The zero-order chi connectivity index (χ0) is 12.3. The summed E-state index contributed by atoms with van der Waals surface area (Å²) in [6.07, 6.45) is 5.09. The largest absolute Gasteiger partial charge is 0.477 e. The smallest absolute Gasteiger partial charge is 0.354 e. The van der Waals surface area contributed by atoms with Crippen LogP contribution in [0.25, 0.3) is 0 Å². The number of hydrogen-bond acceptors (Lipinski definition) is 4. The predicted molar refractivity (Wildman–Crippen MR) is 64.2 cm³/mol. The number of aryl methyl sites for hydroxylation is 1. The molecule has 1 fully saturated rings. The Morgan fingerprint density at radius 1 is 1.53 bits per heavy atom. The molecule has 2 N–H and O–H groups in total. The van der Waals surface area contributed by atoms with E-state index in [1.165, 1.54) is 25.3 Å². The first kappa shape index (κ1) is 11.8. The number of nitrogens with zero attached hydrogens (tertiary/aromatic N) is 2. The number of aromatic carboxylic acids is 1. The highest BCUT2D eigenvalue weighted by Gasteiger charge is 2.16. The van der Waals surface area contributed by atoms with Crippen molar-refractivity contribution in [2.45, 2.75) is 32.6 Å². The summed E-state index contributed by atoms with van der Waals surface area (Å²) in [6.45, 7) is 2.58. The van der Waals surface area contributed by atoms with Crippen LogP contribution in [0.5, 0.6) is 0 Å². The topological polar surface area (TPSA) is 75.1 Å². The van der Waals surface area contributed by atoms with Gasteiger partial charge in [0.2, 0.25) is 5.95 Å². The van der Waals surface area contributed by atoms with Gasteiger partial charge in [-0.1, -0.05) is 19.3 Å². The summed E-state index contributed by atoms with van der Waals surface area (Å²) in [5, 5.41) is 12.0. The van der Waals surface area contributed by atoms with Crippen LogP contribution >= 0.6 is 0 Å². The number of aromatic nitrogens is 2. The molecule has 1 aliphatic rings. The highest BCUT2D eigenvalue weighted by Crippen LogP contribution is 2.28. The van der Waals surface area contributed by atoms with Gasteiger partial charge >= 0.3 is 5.97 Å². The Morgan fingerprint density at radius 2 is 2.29 bits per heavy atom. The van der Waals surface area contributed by atoms with Gasteiger partial charge in [-0.15, -0.1) is 0 Å². The number of carboxylic acid groups (broad SMARTS) is 1. The van der Waals surface area contributed by atoms with Gasteiger partial charge in [-0.2, -0.15) is 0 Å². The lowest BCUT2D eigenvalue weighted by molar-refractivity contribution is 0.0690. The van der Waals surface area contributed by atoms with Gasteiger partial charge in [0.05, 0.1) is 0 Å². The summed E-state index contributed by atoms with van der Waals surface area (Å²) >= 11 is 0. The average Bonchev–Trinajstić information content (AvgIpc) is 2.21. The van der Waals surface area contributed by atoms with Crippen molar-refractivity contribution in [2.24, 2.45) is 5.92 Å². The molecular formula is C12H17N3O2. The Labute approximate surface area is 100 Å². The van der Waals surface area contributed by atoms with E-state index in [2.05, 4.69) is 15.3 Å². The average molecular weight is 235 g/mol. The van der Waals surface area contributed by atoms with Crippen molar-refractivity contribution in [1.82, 2.24) is 9.97 Å². The fourth-order valence-corrected chi connectivity index (χ4v) is 1.93. The zero-order valence-electron chi connectivity index (χ0n) is 9.94. The first-order valence-corrected chi connectivity index (χ1v) is 5.98. The normalized spacial score (nSPS) is 15.4. The first-order chi connectivity index (χ1) is 8.15. The van der Waals surface area contributed by atoms with E-state index in [0.29, 0.717) is 11.6 Å². The number of carboxylic acids is 1. The van der Waals surface area contributed by atoms with Gasteiger partial charge in [0.1, 0.15) is 0 Å². The standard InChI is InChI=1S/C12H17N3O2/c1-8-7-10(11(16)17)15-12(14-8)13-6-5-9-3-2-4-9/h7,9H,2-6H2,1H3,(H,16,17)(H,13,14,15). The summed E-state index contributed by atoms with van der Waals surface area (Å²) in [5.74, 6) is 0.227. The lowest BCUT2D eigenvalue weighted by Gasteiger charge is -2.25. The van der Waals surface area contributed by atoms with E-state index in [1.807, 2.05) is 0 Å². The molecule has 0 amide bonds. The van der Waals surface area contributed by atoms with E-state index in [4.69, 9.17) is 5.11 Å². The summed E-state index contributed by atoms with van der Waals surface area (Å²) in [4.78, 5) is 18.9. The van der Waals surface area contributed by atoms with Crippen LogP contribution < -0.4 is 5.32 Å². The van der Waals surface area contributed by atoms with Crippen LogP contribution in [0.1, 0.15) is 41.9 Å². The molecule has 0 spiro atoms. The number of anilines is 1. The van der Waals surface area contributed by atoms with Crippen LogP contribution in [0.3, 0.4) is 0 Å². The summed E-state index contributed by atoms with van der Waals surface area (Å²) in [6, 6.07) is 1.47. The predicted octanol–water partition coefficient (Wildman–Crippen LogP) is 2.09. The SMILES string of the molecule is Cc1cc(C(=O)O)nc(NCCC2CCC2)n1. The van der Waals surface area contributed by atoms with E-state index < -0.39 is 5.97 Å². The molecule has 0 aromatic carbocycles. The van der Waals surface area contributed by atoms with Crippen molar-refractivity contribution in [2.75, 3.05) is 11.9 Å². The molecule has 0 unspecified atom stereocenters. The third-order valence-electron chi connectivity index (χ3n) is 3.13. The molecule has 0 radical (unpaired) electrons. The molecule has 1 saturated carbocycles. The maximum absolute atomic E-state index is 10.8. The number of carbonyl (C=O) groups is 1. The quantitative estimate of drug-likeness (QED) is 0.817. The molecule has 0 atom stereocenters. The van der Waals surface area contributed by atoms with Crippen molar-refractivity contribution in [1.29, 1.82) is 0 Å². The van der Waals surface area contributed by atoms with E-state index in [-0.39, 0.29) is 5.69 Å². The molecule has 17 heavy (non-hydrogen) atoms. The first-order valence-electron chi connectivity index (χ1n) is 5.98. The van der Waals surface area contributed by atoms with Gasteiger partial charge in [-0.05, 0) is 25.3 Å². The molecular weight excluding hydrogens is 218 g/mol. The molecule has 1 aliphatic carbocycles. The maximum atomic E-state index is 10.8. The minimum Gasteiger partial charge on any atom is -0.477 e. The lowest BCUT2D eigenvalue weighted by atomic mass is 9.83. The molecule has 92 valence electrons. The van der Waals surface area contributed by atoms with Crippen LogP contribution in [0.4, 0.5) is 5.95 Å². The Bertz CT molecular complexity index is 416. The number of hydrogen-bond donors (Lipinski definition) is 2. The van der Waals surface area contributed by atoms with Crippen molar-refractivity contribution in [3.63, 3.8) is 0 Å². The second-order valence-corrected chi connectivity index (χ2v) is 4.54. The van der Waals surface area contributed by atoms with Gasteiger partial charge in [0.15, 0.2) is 5.69 Å². The third-order valence-corrected chi connectivity index (χ3v) is 3.13. The minimum absolute atomic E-state index is 0.0450. The molecule has 0 bridgehead atoms. The molecule has 2 rings (SSSR count). The number of rotatable bonds is 5. The van der Waals surface area contributed by atoms with Crippen molar-refractivity contribution in [3.8, 4) is 0 Å². The van der Waals surface area contributed by atoms with Crippen LogP contribution in [0, 0.1) is 12.8 Å². The van der Waals surface area contributed by atoms with Gasteiger partial charge in [0.25, 0.3) is 0 Å². The van der Waals surface area contributed by atoms with Crippen LogP contribution in [-0.2, 0) is 0 Å². The third kappa shape index (κ3) is 3.15. The van der Waals surface area contributed by atoms with Gasteiger partial charge in [0, 0.05) is 12.2 Å². The second-order valence-electron chi connectivity index (χ2n) is 4.54. The van der Waals surface area contributed by atoms with Gasteiger partial charge in [-0.3, -0.25) is 0 Å². The molecule has 5 heteroatoms. The van der Waals surface area contributed by atoms with Gasteiger partial charge in [-0.25, -0.2) is 14.8 Å². The van der Waals surface area contributed by atoms with E-state index in [0.717, 1.165) is 18.9 Å². The molecule has 0 saturated heterocycles. The molecule has 1 aromatic rings. The Morgan fingerprint density at radius 3 is 2.88 bits per heavy atom. The van der Waals surface area contributed by atoms with E-state index in [9.17, 15) is 4.79 Å². The molecule has 5 nitrogen and oxygen atoms in total. The monoisotopic (exact) mass is 235 g/mol. The lowest BCUT2D eigenvalue weighted by Crippen LogP contribution is -2.17. The summed E-state index contributed by atoms with van der Waals surface area (Å²) in [5.41, 5.74) is 0.715. The Balaban J connectivity index is 1.92. The van der Waals surface area contributed by atoms with Crippen LogP contribution in [0.15, 0.2) is 6.07 Å². The maximum Gasteiger partial charge on any atom is 0.354 e. The van der Waals surface area contributed by atoms with Crippen molar-refractivity contribution in [3.05, 3.63) is 17.5 Å². The molecule has 1 aromatic heterocycles. The highest BCUT2D eigenvalue weighted by atomic mass is 16.4. The van der Waals surface area contributed by atoms with E-state index >= 15 is 0 Å². The van der Waals surface area contributed by atoms with Gasteiger partial charge < -0.3 is 10.4 Å². The van der Waals surface area contributed by atoms with Crippen LogP contribution in [0.2, 0.25) is 0 Å². The summed E-state index contributed by atoms with van der Waals surface area (Å²) in [7, 11) is 0. The highest BCUT2D eigenvalue weighted by molar-refractivity contribution is 5.85. The molecule has 0 aliphatic heterocycles. The second kappa shape index (κ2) is 5.12. The van der Waals surface area contributed by atoms with E-state index in [1.54, 1.807) is 6.92 Å². The summed E-state index contributed by atoms with van der Waals surface area (Å²) < 4.78 is 0. The Kier molecular flexibility index (Phi) is 3.56. The van der Waals surface area contributed by atoms with Crippen molar-refractivity contribution < 1.29 is 9.90 Å². The van der Waals surface area contributed by atoms with Crippen LogP contribution in [-0.4, -0.2) is 27.6 Å². The fraction of sp³-hybridized carbons (Fsp3) is 0.583. The fourth-order valence-electron chi connectivity index (χ4n) is 1.93. The van der Waals surface area contributed by atoms with Crippen molar-refractivity contribution >= 4 is 11.9 Å². The zero-order valence-corrected chi connectivity index (χ0v) is 9.94. The molecule has 1 heterocycles. The minimum atomic E-state index is -1.02. The Hall–Kier alpha value is -1.65.